The Hall–Kier alpha value is -0.0162. The zero-order valence-electron chi connectivity index (χ0n) is 18.2. The third-order valence-electron chi connectivity index (χ3n) is 8.08. The highest BCUT2D eigenvalue weighted by Crippen LogP contribution is 2.79. The van der Waals surface area contributed by atoms with Crippen LogP contribution in [0.1, 0.15) is 53.4 Å². The standard InChI is InChI=1S/C20H38O4Si2/c1-17(2,3)26(8,9)23-15-13-20(24-25(5,6)7)16(22)19(15)12-14(21)10-11-18(19,20)4/h15-16,22H,10-13H2,1-9H3/t15-,16+,18+,19-,20-/m0/s1. The lowest BCUT2D eigenvalue weighted by Gasteiger charge is -2.69. The van der Waals surface area contributed by atoms with Gasteiger partial charge in [0, 0.05) is 30.1 Å². The van der Waals surface area contributed by atoms with Crippen molar-refractivity contribution in [2.24, 2.45) is 10.8 Å². The number of carbonyl (C=O) groups is 1. The molecule has 0 aromatic heterocycles. The lowest BCUT2D eigenvalue weighted by Crippen LogP contribution is -2.78. The van der Waals surface area contributed by atoms with Crippen LogP contribution < -0.4 is 0 Å². The number of fused-ring (bicyclic) bond motifs is 1. The molecule has 1 spiro atoms. The van der Waals surface area contributed by atoms with Crippen LogP contribution in [0.3, 0.4) is 0 Å². The number of hydrogen-bond donors (Lipinski definition) is 1. The van der Waals surface area contributed by atoms with E-state index in [1.165, 1.54) is 0 Å². The average Bonchev–Trinajstić information content (AvgIpc) is 2.77. The fraction of sp³-hybridized carbons (Fsp3) is 0.950. The second-order valence-electron chi connectivity index (χ2n) is 11.7. The molecule has 0 radical (unpaired) electrons. The summed E-state index contributed by atoms with van der Waals surface area (Å²) in [6, 6.07) is 0. The van der Waals surface area contributed by atoms with Crippen LogP contribution in [0, 0.1) is 10.8 Å². The Bertz CT molecular complexity index is 620. The van der Waals surface area contributed by atoms with Crippen molar-refractivity contribution < 1.29 is 18.8 Å². The predicted octanol–water partition coefficient (Wildman–Crippen LogP) is 4.49. The summed E-state index contributed by atoms with van der Waals surface area (Å²) < 4.78 is 13.6. The summed E-state index contributed by atoms with van der Waals surface area (Å²) in [7, 11) is -3.87. The van der Waals surface area contributed by atoms with Crippen molar-refractivity contribution in [2.75, 3.05) is 0 Å². The van der Waals surface area contributed by atoms with Gasteiger partial charge >= 0.3 is 0 Å². The van der Waals surface area contributed by atoms with E-state index in [0.717, 1.165) is 12.8 Å². The van der Waals surface area contributed by atoms with Crippen molar-refractivity contribution in [1.29, 1.82) is 0 Å². The Morgan fingerprint density at radius 1 is 1.15 bits per heavy atom. The molecule has 0 heterocycles. The van der Waals surface area contributed by atoms with E-state index < -0.39 is 33.8 Å². The molecule has 4 fully saturated rings. The molecule has 0 aromatic carbocycles. The summed E-state index contributed by atoms with van der Waals surface area (Å²) in [6.45, 7) is 20.1. The molecule has 4 saturated carbocycles. The van der Waals surface area contributed by atoms with Crippen LogP contribution in [0.2, 0.25) is 37.8 Å². The SMILES string of the molecule is CC(C)(C)[Si](C)(C)O[C@H]1C[C@]2(O[Si](C)(C)C)[C@H](O)[C@]13CC(=O)CC[C@]32C. The highest BCUT2D eigenvalue weighted by atomic mass is 28.4. The molecule has 6 heteroatoms. The Balaban J connectivity index is 2.03. The number of aliphatic hydroxyl groups excluding tert-OH is 1. The molecule has 1 N–H and O–H groups in total. The van der Waals surface area contributed by atoms with Crippen molar-refractivity contribution in [3.05, 3.63) is 0 Å². The maximum Gasteiger partial charge on any atom is 0.192 e. The van der Waals surface area contributed by atoms with Crippen molar-refractivity contribution in [3.63, 3.8) is 0 Å². The molecular weight excluding hydrogens is 360 g/mol. The minimum absolute atomic E-state index is 0.0796. The smallest absolute Gasteiger partial charge is 0.192 e. The van der Waals surface area contributed by atoms with E-state index in [1.54, 1.807) is 0 Å². The molecule has 2 bridgehead atoms. The summed E-state index contributed by atoms with van der Waals surface area (Å²) in [4.78, 5) is 12.4. The number of rotatable bonds is 4. The first-order chi connectivity index (χ1) is 11.5. The molecule has 150 valence electrons. The fourth-order valence-electron chi connectivity index (χ4n) is 5.75. The second-order valence-corrected chi connectivity index (χ2v) is 20.9. The van der Waals surface area contributed by atoms with Gasteiger partial charge in [-0.25, -0.2) is 0 Å². The van der Waals surface area contributed by atoms with E-state index >= 15 is 0 Å². The molecule has 0 aliphatic heterocycles. The number of hydrogen-bond acceptors (Lipinski definition) is 4. The Labute approximate surface area is 161 Å². The first-order valence-electron chi connectivity index (χ1n) is 10.1. The third kappa shape index (κ3) is 2.45. The minimum Gasteiger partial charge on any atom is -0.413 e. The quantitative estimate of drug-likeness (QED) is 0.709. The lowest BCUT2D eigenvalue weighted by atomic mass is 9.40. The van der Waals surface area contributed by atoms with Gasteiger partial charge in [-0.05, 0) is 44.2 Å². The molecule has 0 unspecified atom stereocenters. The van der Waals surface area contributed by atoms with Crippen LogP contribution in [-0.4, -0.2) is 45.3 Å². The van der Waals surface area contributed by atoms with Crippen molar-refractivity contribution in [2.45, 2.75) is 109 Å². The molecule has 4 aliphatic carbocycles. The summed E-state index contributed by atoms with van der Waals surface area (Å²) in [5.41, 5.74) is -1.16. The van der Waals surface area contributed by atoms with E-state index in [1.807, 2.05) is 0 Å². The molecule has 0 saturated heterocycles. The number of Topliss-reactive ketones (excluding diaryl/α,β-unsaturated/α-hetero) is 1. The molecule has 5 atom stereocenters. The zero-order valence-corrected chi connectivity index (χ0v) is 20.2. The van der Waals surface area contributed by atoms with E-state index in [-0.39, 0.29) is 22.3 Å². The van der Waals surface area contributed by atoms with Crippen LogP contribution in [0.25, 0.3) is 0 Å². The topological polar surface area (TPSA) is 55.8 Å². The number of ketones is 1. The minimum atomic E-state index is -2.01. The Morgan fingerprint density at radius 2 is 1.73 bits per heavy atom. The van der Waals surface area contributed by atoms with Gasteiger partial charge in [0.15, 0.2) is 16.6 Å². The first-order valence-corrected chi connectivity index (χ1v) is 16.4. The van der Waals surface area contributed by atoms with E-state index in [0.29, 0.717) is 12.8 Å². The fourth-order valence-corrected chi connectivity index (χ4v) is 8.62. The molecule has 26 heavy (non-hydrogen) atoms. The van der Waals surface area contributed by atoms with Crippen molar-refractivity contribution in [1.82, 2.24) is 0 Å². The van der Waals surface area contributed by atoms with Gasteiger partial charge in [0.2, 0.25) is 0 Å². The lowest BCUT2D eigenvalue weighted by molar-refractivity contribution is -0.300. The molecular formula is C20H38O4Si2. The monoisotopic (exact) mass is 398 g/mol. The Morgan fingerprint density at radius 3 is 2.23 bits per heavy atom. The highest BCUT2D eigenvalue weighted by molar-refractivity contribution is 6.74. The maximum atomic E-state index is 12.4. The summed E-state index contributed by atoms with van der Waals surface area (Å²) in [5, 5.41) is 11.5. The number of aliphatic hydroxyl groups is 1. The largest absolute Gasteiger partial charge is 0.413 e. The number of carbonyl (C=O) groups excluding carboxylic acids is 1. The van der Waals surface area contributed by atoms with Gasteiger partial charge in [-0.15, -0.1) is 0 Å². The highest BCUT2D eigenvalue weighted by Gasteiger charge is 2.87. The molecule has 0 aromatic rings. The van der Waals surface area contributed by atoms with Crippen LogP contribution in [0.15, 0.2) is 0 Å². The third-order valence-corrected chi connectivity index (χ3v) is 13.5. The van der Waals surface area contributed by atoms with Gasteiger partial charge < -0.3 is 14.0 Å². The predicted molar refractivity (Wildman–Crippen MR) is 109 cm³/mol. The van der Waals surface area contributed by atoms with Crippen molar-refractivity contribution in [3.8, 4) is 0 Å². The van der Waals surface area contributed by atoms with Gasteiger partial charge in [-0.2, -0.15) is 0 Å². The van der Waals surface area contributed by atoms with Gasteiger partial charge in [0.25, 0.3) is 0 Å². The summed E-state index contributed by atoms with van der Waals surface area (Å²) in [6.07, 6.45) is 1.92. The van der Waals surface area contributed by atoms with Crippen LogP contribution in [0.4, 0.5) is 0 Å². The van der Waals surface area contributed by atoms with E-state index in [4.69, 9.17) is 8.85 Å². The maximum absolute atomic E-state index is 12.4. The average molecular weight is 399 g/mol. The molecule has 4 nitrogen and oxygen atoms in total. The summed E-state index contributed by atoms with van der Waals surface area (Å²) >= 11 is 0. The van der Waals surface area contributed by atoms with Crippen molar-refractivity contribution >= 4 is 22.4 Å². The normalized spacial score (nSPS) is 43.2. The van der Waals surface area contributed by atoms with Gasteiger partial charge in [-0.3, -0.25) is 4.79 Å². The Kier molecular flexibility index (Phi) is 4.40. The molecule has 4 rings (SSSR count). The second kappa shape index (κ2) is 5.53. The van der Waals surface area contributed by atoms with Crippen LogP contribution in [-0.2, 0) is 13.6 Å². The van der Waals surface area contributed by atoms with Crippen LogP contribution >= 0.6 is 0 Å². The summed E-state index contributed by atoms with van der Waals surface area (Å²) in [5.74, 6) is 0.272. The molecule has 4 aliphatic rings. The zero-order chi connectivity index (χ0) is 20.0. The van der Waals surface area contributed by atoms with Gasteiger partial charge in [0.1, 0.15) is 5.78 Å². The first kappa shape index (κ1) is 20.7. The van der Waals surface area contributed by atoms with Gasteiger partial charge in [0.05, 0.1) is 17.8 Å². The van der Waals surface area contributed by atoms with E-state index in [9.17, 15) is 9.90 Å². The van der Waals surface area contributed by atoms with Crippen LogP contribution in [0.5, 0.6) is 0 Å². The van der Waals surface area contributed by atoms with E-state index in [2.05, 4.69) is 60.4 Å². The molecule has 0 amide bonds. The van der Waals surface area contributed by atoms with Gasteiger partial charge in [-0.1, -0.05) is 27.7 Å².